The number of aromatic amines is 1. The molecule has 0 saturated carbocycles. The number of rotatable bonds is 5. The highest BCUT2D eigenvalue weighted by atomic mass is 35.5. The van der Waals surface area contributed by atoms with Gasteiger partial charge in [-0.1, -0.05) is 53.6 Å². The van der Waals surface area contributed by atoms with Gasteiger partial charge < -0.3 is 10.3 Å². The molecule has 0 aliphatic rings. The van der Waals surface area contributed by atoms with Gasteiger partial charge in [0.2, 0.25) is 5.96 Å². The summed E-state index contributed by atoms with van der Waals surface area (Å²) in [6.45, 7) is 2.55. The van der Waals surface area contributed by atoms with E-state index < -0.39 is 0 Å². The maximum atomic E-state index is 12.7. The maximum absolute atomic E-state index is 12.7. The number of hydrogen-bond acceptors (Lipinski definition) is 2. The van der Waals surface area contributed by atoms with Gasteiger partial charge in [-0.15, -0.1) is 0 Å². The predicted molar refractivity (Wildman–Crippen MR) is 128 cm³/mol. The maximum Gasteiger partial charge on any atom is 0.258 e. The van der Waals surface area contributed by atoms with Gasteiger partial charge in [0.25, 0.3) is 5.91 Å². The van der Waals surface area contributed by atoms with Crippen molar-refractivity contribution >= 4 is 40.1 Å². The summed E-state index contributed by atoms with van der Waals surface area (Å²) in [6.07, 6.45) is 2.76. The number of para-hydroxylation sites is 1. The van der Waals surface area contributed by atoms with E-state index in [-0.39, 0.29) is 5.91 Å². The van der Waals surface area contributed by atoms with Gasteiger partial charge in [0, 0.05) is 39.9 Å². The molecule has 156 valence electrons. The Balaban J connectivity index is 1.51. The van der Waals surface area contributed by atoms with E-state index in [1.807, 2.05) is 49.5 Å². The summed E-state index contributed by atoms with van der Waals surface area (Å²) in [5.41, 5.74) is 4.78. The summed E-state index contributed by atoms with van der Waals surface area (Å²) in [5, 5.41) is 7.79. The number of aromatic nitrogens is 1. The van der Waals surface area contributed by atoms with E-state index >= 15 is 0 Å². The third-order valence-electron chi connectivity index (χ3n) is 4.96. The number of halogens is 1. The van der Waals surface area contributed by atoms with Crippen LogP contribution in [0.1, 0.15) is 21.5 Å². The molecule has 1 aromatic heterocycles. The first kappa shape index (κ1) is 20.7. The summed E-state index contributed by atoms with van der Waals surface area (Å²) in [6, 6.07) is 22.9. The van der Waals surface area contributed by atoms with Crippen molar-refractivity contribution in [3.8, 4) is 0 Å². The Labute approximate surface area is 186 Å². The number of fused-ring (bicyclic) bond motifs is 1. The number of nitrogens with one attached hydrogen (secondary N) is 3. The van der Waals surface area contributed by atoms with Crippen LogP contribution in [0.25, 0.3) is 10.9 Å². The topological polar surface area (TPSA) is 69.3 Å². The fourth-order valence-electron chi connectivity index (χ4n) is 3.32. The number of aliphatic imine (C=N–C) groups is 1. The van der Waals surface area contributed by atoms with Gasteiger partial charge in [0.1, 0.15) is 0 Å². The van der Waals surface area contributed by atoms with Crippen molar-refractivity contribution in [1.82, 2.24) is 10.3 Å². The van der Waals surface area contributed by atoms with Crippen LogP contribution in [0, 0.1) is 6.92 Å². The fourth-order valence-corrected chi connectivity index (χ4v) is 3.51. The van der Waals surface area contributed by atoms with E-state index in [0.717, 1.165) is 23.2 Å². The molecule has 31 heavy (non-hydrogen) atoms. The number of carbonyl (C=O) groups excluding carboxylic acids is 1. The largest absolute Gasteiger partial charge is 0.361 e. The highest BCUT2D eigenvalue weighted by molar-refractivity contribution is 6.31. The second-order valence-corrected chi connectivity index (χ2v) is 7.73. The van der Waals surface area contributed by atoms with Crippen LogP contribution in [0.4, 0.5) is 5.69 Å². The third-order valence-corrected chi connectivity index (χ3v) is 5.19. The number of carbonyl (C=O) groups is 1. The van der Waals surface area contributed by atoms with E-state index in [9.17, 15) is 4.79 Å². The summed E-state index contributed by atoms with van der Waals surface area (Å²) in [5.74, 6) is 0.127. The van der Waals surface area contributed by atoms with Gasteiger partial charge >= 0.3 is 0 Å². The van der Waals surface area contributed by atoms with Crippen molar-refractivity contribution in [1.29, 1.82) is 0 Å². The lowest BCUT2D eigenvalue weighted by molar-refractivity contribution is 0.0977. The number of amides is 1. The summed E-state index contributed by atoms with van der Waals surface area (Å²) in [4.78, 5) is 20.6. The van der Waals surface area contributed by atoms with Gasteiger partial charge in [-0.25, -0.2) is 0 Å². The van der Waals surface area contributed by atoms with Crippen LogP contribution in [-0.4, -0.2) is 23.4 Å². The molecule has 0 bridgehead atoms. The number of H-pyrrole nitrogens is 1. The summed E-state index contributed by atoms with van der Waals surface area (Å²) < 4.78 is 0. The van der Waals surface area contributed by atoms with Crippen LogP contribution in [0.2, 0.25) is 5.02 Å². The molecule has 1 amide bonds. The van der Waals surface area contributed by atoms with Gasteiger partial charge in [0.15, 0.2) is 0 Å². The summed E-state index contributed by atoms with van der Waals surface area (Å²) >= 11 is 6.03. The lowest BCUT2D eigenvalue weighted by Crippen LogP contribution is -2.36. The summed E-state index contributed by atoms with van der Waals surface area (Å²) in [7, 11) is 0. The number of benzene rings is 3. The zero-order valence-electron chi connectivity index (χ0n) is 17.2. The quantitative estimate of drug-likeness (QED) is 0.286. The molecule has 5 nitrogen and oxygen atoms in total. The van der Waals surface area contributed by atoms with Crippen LogP contribution < -0.4 is 10.6 Å². The molecule has 0 aliphatic carbocycles. The number of guanidine groups is 1. The SMILES string of the molecule is Cc1ccc(NC(=NCCc2c[nH]c3ccccc23)NC(=O)c2cccc(Cl)c2)cc1. The standard InChI is InChI=1S/C25H23ClN4O/c1-17-9-11-21(12-10-17)29-25(30-24(31)18-5-4-6-20(26)15-18)27-14-13-19-16-28-23-8-3-2-7-22(19)23/h2-12,15-16,28H,13-14H2,1H3,(H2,27,29,30,31). The second-order valence-electron chi connectivity index (χ2n) is 7.30. The molecule has 4 rings (SSSR count). The molecule has 0 radical (unpaired) electrons. The minimum Gasteiger partial charge on any atom is -0.361 e. The van der Waals surface area contributed by atoms with E-state index in [1.165, 1.54) is 10.9 Å². The smallest absolute Gasteiger partial charge is 0.258 e. The minimum absolute atomic E-state index is 0.270. The molecule has 0 fully saturated rings. The number of nitrogens with zero attached hydrogens (tertiary/aromatic N) is 1. The molecule has 0 spiro atoms. The van der Waals surface area contributed by atoms with Crippen LogP contribution >= 0.6 is 11.6 Å². The van der Waals surface area contributed by atoms with Crippen LogP contribution in [0.15, 0.2) is 84.0 Å². The molecule has 0 unspecified atom stereocenters. The highest BCUT2D eigenvalue weighted by Crippen LogP contribution is 2.18. The van der Waals surface area contributed by atoms with Crippen molar-refractivity contribution < 1.29 is 4.79 Å². The Morgan fingerprint density at radius 3 is 2.65 bits per heavy atom. The Bertz CT molecular complexity index is 1230. The van der Waals surface area contributed by atoms with E-state index in [0.29, 0.717) is 23.1 Å². The number of aryl methyl sites for hydroxylation is 1. The Morgan fingerprint density at radius 2 is 1.84 bits per heavy atom. The Kier molecular flexibility index (Phi) is 6.34. The van der Waals surface area contributed by atoms with Gasteiger partial charge in [-0.05, 0) is 55.3 Å². The average molecular weight is 431 g/mol. The first-order chi connectivity index (χ1) is 15.1. The zero-order valence-corrected chi connectivity index (χ0v) is 17.9. The van der Waals surface area contributed by atoms with Crippen molar-refractivity contribution in [3.63, 3.8) is 0 Å². The number of anilines is 1. The first-order valence-electron chi connectivity index (χ1n) is 10.1. The van der Waals surface area contributed by atoms with Crippen LogP contribution in [-0.2, 0) is 6.42 Å². The number of hydrogen-bond donors (Lipinski definition) is 3. The van der Waals surface area contributed by atoms with Crippen LogP contribution in [0.3, 0.4) is 0 Å². The Hall–Kier alpha value is -3.57. The monoisotopic (exact) mass is 430 g/mol. The minimum atomic E-state index is -0.270. The average Bonchev–Trinajstić information content (AvgIpc) is 3.18. The molecule has 0 atom stereocenters. The molecule has 3 N–H and O–H groups in total. The second kappa shape index (κ2) is 9.49. The van der Waals surface area contributed by atoms with Crippen molar-refractivity contribution in [3.05, 3.63) is 101 Å². The molecular formula is C25H23ClN4O. The van der Waals surface area contributed by atoms with Gasteiger partial charge in [0.05, 0.1) is 0 Å². The van der Waals surface area contributed by atoms with Gasteiger partial charge in [-0.2, -0.15) is 0 Å². The van der Waals surface area contributed by atoms with Crippen molar-refractivity contribution in [2.75, 3.05) is 11.9 Å². The third kappa shape index (κ3) is 5.32. The van der Waals surface area contributed by atoms with E-state index in [2.05, 4.69) is 32.7 Å². The fraction of sp³-hybridized carbons (Fsp3) is 0.120. The molecule has 0 saturated heterocycles. The van der Waals surface area contributed by atoms with Crippen molar-refractivity contribution in [2.24, 2.45) is 4.99 Å². The molecule has 6 heteroatoms. The van der Waals surface area contributed by atoms with Crippen LogP contribution in [0.5, 0.6) is 0 Å². The van der Waals surface area contributed by atoms with Gasteiger partial charge in [-0.3, -0.25) is 15.1 Å². The molecule has 3 aromatic carbocycles. The highest BCUT2D eigenvalue weighted by Gasteiger charge is 2.10. The lowest BCUT2D eigenvalue weighted by Gasteiger charge is -2.12. The first-order valence-corrected chi connectivity index (χ1v) is 10.5. The predicted octanol–water partition coefficient (Wildman–Crippen LogP) is 5.57. The molecular weight excluding hydrogens is 408 g/mol. The molecule has 0 aliphatic heterocycles. The molecule has 4 aromatic rings. The van der Waals surface area contributed by atoms with Crippen molar-refractivity contribution in [2.45, 2.75) is 13.3 Å². The van der Waals surface area contributed by atoms with E-state index in [4.69, 9.17) is 11.6 Å². The lowest BCUT2D eigenvalue weighted by atomic mass is 10.1. The van der Waals surface area contributed by atoms with E-state index in [1.54, 1.807) is 24.3 Å². The molecule has 1 heterocycles. The zero-order chi connectivity index (χ0) is 21.6. The Morgan fingerprint density at radius 1 is 1.03 bits per heavy atom. The normalized spacial score (nSPS) is 11.5.